The molecule has 0 aromatic heterocycles. The third kappa shape index (κ3) is 5.90. The lowest BCUT2D eigenvalue weighted by Gasteiger charge is -2.12. The van der Waals surface area contributed by atoms with Crippen LogP contribution in [0.2, 0.25) is 0 Å². The first-order chi connectivity index (χ1) is 6.26. The van der Waals surface area contributed by atoms with Crippen molar-refractivity contribution >= 4 is 0 Å². The van der Waals surface area contributed by atoms with E-state index in [1.54, 1.807) is 5.57 Å². The maximum absolute atomic E-state index is 2.45. The molecule has 0 aromatic carbocycles. The van der Waals surface area contributed by atoms with Gasteiger partial charge in [-0.2, -0.15) is 0 Å². The van der Waals surface area contributed by atoms with E-state index >= 15 is 0 Å². The predicted molar refractivity (Wildman–Crippen MR) is 62.0 cm³/mol. The molecule has 0 atom stereocenters. The van der Waals surface area contributed by atoms with Gasteiger partial charge >= 0.3 is 0 Å². The number of hydrogen-bond acceptors (Lipinski definition) is 0. The van der Waals surface area contributed by atoms with Crippen molar-refractivity contribution in [2.75, 3.05) is 0 Å². The standard InChI is InChI=1S/C13H26/c1-5-8-9-10-11-12(4)13(6-2)7-3/h11,13H,5-10H2,1-4H3/b12-11+. The maximum atomic E-state index is 2.45. The molecule has 0 nitrogen and oxygen atoms in total. The van der Waals surface area contributed by atoms with Crippen LogP contribution in [0.15, 0.2) is 11.6 Å². The van der Waals surface area contributed by atoms with Gasteiger partial charge in [-0.05, 0) is 38.5 Å². The second kappa shape index (κ2) is 8.34. The van der Waals surface area contributed by atoms with Crippen LogP contribution in [0.5, 0.6) is 0 Å². The summed E-state index contributed by atoms with van der Waals surface area (Å²) in [5.74, 6) is 0.835. The monoisotopic (exact) mass is 182 g/mol. The summed E-state index contributed by atoms with van der Waals surface area (Å²) < 4.78 is 0. The van der Waals surface area contributed by atoms with Gasteiger partial charge in [0.1, 0.15) is 0 Å². The van der Waals surface area contributed by atoms with Gasteiger partial charge in [0.25, 0.3) is 0 Å². The van der Waals surface area contributed by atoms with Gasteiger partial charge in [-0.3, -0.25) is 0 Å². The molecule has 0 rings (SSSR count). The van der Waals surface area contributed by atoms with Crippen LogP contribution in [0.4, 0.5) is 0 Å². The first-order valence-electron chi connectivity index (χ1n) is 5.92. The zero-order valence-corrected chi connectivity index (χ0v) is 9.90. The Morgan fingerprint density at radius 1 is 1.08 bits per heavy atom. The summed E-state index contributed by atoms with van der Waals surface area (Å²) in [6, 6.07) is 0. The molecule has 0 unspecified atom stereocenters. The van der Waals surface area contributed by atoms with Gasteiger partial charge < -0.3 is 0 Å². The average molecular weight is 182 g/mol. The van der Waals surface area contributed by atoms with Crippen LogP contribution >= 0.6 is 0 Å². The third-order valence-corrected chi connectivity index (χ3v) is 2.90. The molecular weight excluding hydrogens is 156 g/mol. The van der Waals surface area contributed by atoms with Crippen LogP contribution in [0.3, 0.4) is 0 Å². The minimum absolute atomic E-state index is 0.835. The maximum Gasteiger partial charge on any atom is -0.0211 e. The highest BCUT2D eigenvalue weighted by molar-refractivity contribution is 5.02. The van der Waals surface area contributed by atoms with E-state index in [1.807, 2.05) is 0 Å². The van der Waals surface area contributed by atoms with Gasteiger partial charge in [0.05, 0.1) is 0 Å². The van der Waals surface area contributed by atoms with Crippen molar-refractivity contribution in [1.82, 2.24) is 0 Å². The van der Waals surface area contributed by atoms with Crippen molar-refractivity contribution in [3.05, 3.63) is 11.6 Å². The summed E-state index contributed by atoms with van der Waals surface area (Å²) >= 11 is 0. The van der Waals surface area contributed by atoms with E-state index in [4.69, 9.17) is 0 Å². The highest BCUT2D eigenvalue weighted by atomic mass is 14.1. The molecular formula is C13H26. The van der Waals surface area contributed by atoms with Crippen molar-refractivity contribution in [1.29, 1.82) is 0 Å². The normalized spacial score (nSPS) is 12.5. The molecule has 13 heavy (non-hydrogen) atoms. The SMILES string of the molecule is CCCCC/C=C(\C)C(CC)CC. The molecule has 0 fully saturated rings. The van der Waals surface area contributed by atoms with E-state index in [0.717, 1.165) is 5.92 Å². The summed E-state index contributed by atoms with van der Waals surface area (Å²) in [5, 5.41) is 0. The molecule has 0 amide bonds. The lowest BCUT2D eigenvalue weighted by atomic mass is 9.94. The molecule has 0 saturated heterocycles. The molecule has 0 aliphatic heterocycles. The van der Waals surface area contributed by atoms with Crippen LogP contribution in [0.1, 0.15) is 66.2 Å². The Morgan fingerprint density at radius 3 is 2.15 bits per heavy atom. The molecule has 0 heteroatoms. The van der Waals surface area contributed by atoms with Gasteiger partial charge in [-0.25, -0.2) is 0 Å². The zero-order chi connectivity index (χ0) is 10.1. The van der Waals surface area contributed by atoms with Gasteiger partial charge in [0.2, 0.25) is 0 Å². The van der Waals surface area contributed by atoms with Gasteiger partial charge in [0.15, 0.2) is 0 Å². The van der Waals surface area contributed by atoms with Crippen LogP contribution < -0.4 is 0 Å². The first kappa shape index (κ1) is 12.7. The lowest BCUT2D eigenvalue weighted by Crippen LogP contribution is -1.97. The summed E-state index contributed by atoms with van der Waals surface area (Å²) in [5.41, 5.74) is 1.61. The fourth-order valence-electron chi connectivity index (χ4n) is 1.82. The predicted octanol–water partition coefficient (Wildman–Crippen LogP) is 4.95. The second-order valence-electron chi connectivity index (χ2n) is 3.96. The molecule has 0 aliphatic rings. The lowest BCUT2D eigenvalue weighted by molar-refractivity contribution is 0.567. The molecule has 0 heterocycles. The van der Waals surface area contributed by atoms with Crippen molar-refractivity contribution in [2.45, 2.75) is 66.2 Å². The Balaban J connectivity index is 3.71. The zero-order valence-electron chi connectivity index (χ0n) is 9.90. The van der Waals surface area contributed by atoms with Crippen molar-refractivity contribution in [2.24, 2.45) is 5.92 Å². The van der Waals surface area contributed by atoms with E-state index < -0.39 is 0 Å². The van der Waals surface area contributed by atoms with Crippen molar-refractivity contribution < 1.29 is 0 Å². The molecule has 0 aliphatic carbocycles. The highest BCUT2D eigenvalue weighted by Gasteiger charge is 2.03. The quantitative estimate of drug-likeness (QED) is 0.386. The Hall–Kier alpha value is -0.260. The van der Waals surface area contributed by atoms with E-state index in [9.17, 15) is 0 Å². The average Bonchev–Trinajstić information content (AvgIpc) is 2.14. The molecule has 0 N–H and O–H groups in total. The Morgan fingerprint density at radius 2 is 1.69 bits per heavy atom. The number of unbranched alkanes of at least 4 members (excludes halogenated alkanes) is 3. The van der Waals surface area contributed by atoms with Crippen LogP contribution in [-0.4, -0.2) is 0 Å². The van der Waals surface area contributed by atoms with E-state index in [1.165, 1.54) is 38.5 Å². The van der Waals surface area contributed by atoms with Gasteiger partial charge in [-0.15, -0.1) is 0 Å². The number of hydrogen-bond donors (Lipinski definition) is 0. The smallest absolute Gasteiger partial charge is 0.0211 e. The van der Waals surface area contributed by atoms with E-state index in [-0.39, 0.29) is 0 Å². The summed E-state index contributed by atoms with van der Waals surface area (Å²) in [7, 11) is 0. The molecule has 0 spiro atoms. The fourth-order valence-corrected chi connectivity index (χ4v) is 1.82. The van der Waals surface area contributed by atoms with Crippen LogP contribution in [0.25, 0.3) is 0 Å². The Bertz CT molecular complexity index is 129. The molecule has 0 aromatic rings. The third-order valence-electron chi connectivity index (χ3n) is 2.90. The van der Waals surface area contributed by atoms with Crippen LogP contribution in [-0.2, 0) is 0 Å². The Labute approximate surface area is 84.4 Å². The first-order valence-corrected chi connectivity index (χ1v) is 5.92. The molecule has 78 valence electrons. The van der Waals surface area contributed by atoms with Crippen molar-refractivity contribution in [3.63, 3.8) is 0 Å². The minimum Gasteiger partial charge on any atom is -0.0853 e. The largest absolute Gasteiger partial charge is 0.0853 e. The highest BCUT2D eigenvalue weighted by Crippen LogP contribution is 2.19. The fraction of sp³-hybridized carbons (Fsp3) is 0.846. The molecule has 0 radical (unpaired) electrons. The summed E-state index contributed by atoms with van der Waals surface area (Å²) in [4.78, 5) is 0. The summed E-state index contributed by atoms with van der Waals surface area (Å²) in [6.45, 7) is 9.14. The minimum atomic E-state index is 0.835. The number of allylic oxidation sites excluding steroid dienone is 2. The Kier molecular flexibility index (Phi) is 8.18. The number of rotatable bonds is 7. The van der Waals surface area contributed by atoms with E-state index in [2.05, 4.69) is 33.8 Å². The van der Waals surface area contributed by atoms with Gasteiger partial charge in [-0.1, -0.05) is 45.3 Å². The van der Waals surface area contributed by atoms with E-state index in [0.29, 0.717) is 0 Å². The molecule has 0 bridgehead atoms. The molecule has 0 saturated carbocycles. The summed E-state index contributed by atoms with van der Waals surface area (Å²) in [6.07, 6.45) is 10.4. The van der Waals surface area contributed by atoms with Crippen LogP contribution in [0, 0.1) is 5.92 Å². The van der Waals surface area contributed by atoms with Crippen molar-refractivity contribution in [3.8, 4) is 0 Å². The van der Waals surface area contributed by atoms with Gasteiger partial charge in [0, 0.05) is 0 Å². The second-order valence-corrected chi connectivity index (χ2v) is 3.96. The topological polar surface area (TPSA) is 0 Å².